The lowest BCUT2D eigenvalue weighted by molar-refractivity contribution is 0.171. The largest absolute Gasteiger partial charge is 0.486 e. The lowest BCUT2D eigenvalue weighted by atomic mass is 10.2. The Morgan fingerprint density at radius 3 is 2.60 bits per heavy atom. The van der Waals surface area contributed by atoms with Crippen molar-refractivity contribution < 1.29 is 14.2 Å². The molecule has 2 aromatic heterocycles. The van der Waals surface area contributed by atoms with Crippen LogP contribution in [0.3, 0.4) is 0 Å². The molecule has 0 saturated heterocycles. The van der Waals surface area contributed by atoms with E-state index in [0.29, 0.717) is 59.2 Å². The molecule has 8 heteroatoms. The van der Waals surface area contributed by atoms with Crippen LogP contribution < -0.4 is 25.7 Å². The normalized spacial score (nSPS) is 12.6. The fourth-order valence-corrected chi connectivity index (χ4v) is 2.46. The maximum Gasteiger partial charge on any atom is 0.222 e. The average Bonchev–Trinajstić information content (AvgIpc) is 2.62. The van der Waals surface area contributed by atoms with Crippen LogP contribution >= 0.6 is 0 Å². The lowest BCUT2D eigenvalue weighted by Gasteiger charge is -2.18. The third-order valence-corrected chi connectivity index (χ3v) is 3.60. The molecule has 4 rings (SSSR count). The van der Waals surface area contributed by atoms with Crippen LogP contribution in [-0.2, 0) is 0 Å². The van der Waals surface area contributed by atoms with Gasteiger partial charge in [-0.15, -0.1) is 0 Å². The van der Waals surface area contributed by atoms with Gasteiger partial charge in [-0.1, -0.05) is 0 Å². The van der Waals surface area contributed by atoms with Crippen LogP contribution in [0.4, 0.5) is 11.6 Å². The molecule has 3 heterocycles. The predicted octanol–water partition coefficient (Wildman–Crippen LogP) is 2.27. The van der Waals surface area contributed by atoms with Gasteiger partial charge in [-0.2, -0.15) is 0 Å². The summed E-state index contributed by atoms with van der Waals surface area (Å²) in [6.45, 7) is 1.05. The van der Waals surface area contributed by atoms with Gasteiger partial charge in [0.05, 0.1) is 5.69 Å². The minimum Gasteiger partial charge on any atom is -0.486 e. The number of rotatable bonds is 3. The van der Waals surface area contributed by atoms with E-state index in [4.69, 9.17) is 25.7 Å². The first-order valence-electron chi connectivity index (χ1n) is 7.61. The van der Waals surface area contributed by atoms with Crippen LogP contribution in [0.25, 0.3) is 11.3 Å². The third-order valence-electron chi connectivity index (χ3n) is 3.60. The van der Waals surface area contributed by atoms with Gasteiger partial charge in [0.1, 0.15) is 36.9 Å². The molecule has 0 saturated carbocycles. The van der Waals surface area contributed by atoms with Gasteiger partial charge >= 0.3 is 0 Å². The van der Waals surface area contributed by atoms with Crippen molar-refractivity contribution >= 4 is 11.6 Å². The Morgan fingerprint density at radius 2 is 1.76 bits per heavy atom. The summed E-state index contributed by atoms with van der Waals surface area (Å²) in [7, 11) is 0. The molecule has 1 aliphatic rings. The number of pyridine rings is 1. The molecule has 0 radical (unpaired) electrons. The summed E-state index contributed by atoms with van der Waals surface area (Å²) in [6.07, 6.45) is 1.40. The van der Waals surface area contributed by atoms with Crippen LogP contribution in [0.15, 0.2) is 42.7 Å². The highest BCUT2D eigenvalue weighted by atomic mass is 16.6. The second-order valence-electron chi connectivity index (χ2n) is 5.32. The smallest absolute Gasteiger partial charge is 0.222 e. The Kier molecular flexibility index (Phi) is 3.70. The summed E-state index contributed by atoms with van der Waals surface area (Å²) in [6, 6.07) is 10.4. The van der Waals surface area contributed by atoms with Crippen molar-refractivity contribution in [1.29, 1.82) is 0 Å². The van der Waals surface area contributed by atoms with Gasteiger partial charge in [0, 0.05) is 17.7 Å². The third kappa shape index (κ3) is 3.09. The Labute approximate surface area is 143 Å². The summed E-state index contributed by atoms with van der Waals surface area (Å²) < 4.78 is 16.8. The van der Waals surface area contributed by atoms with E-state index < -0.39 is 0 Å². The molecule has 1 aliphatic heterocycles. The molecule has 3 aromatic rings. The second kappa shape index (κ2) is 6.16. The van der Waals surface area contributed by atoms with Crippen molar-refractivity contribution in [3.05, 3.63) is 42.7 Å². The number of anilines is 2. The van der Waals surface area contributed by atoms with Crippen molar-refractivity contribution in [2.24, 2.45) is 0 Å². The molecular weight excluding hydrogens is 322 g/mol. The highest BCUT2D eigenvalue weighted by Gasteiger charge is 2.13. The minimum absolute atomic E-state index is 0.295. The zero-order valence-electron chi connectivity index (χ0n) is 13.2. The standard InChI is InChI=1S/C17H15N5O3/c18-15-4-2-11(17(19)22-15)12-8-16(21-9-20-12)25-10-1-3-13-14(7-10)24-6-5-23-13/h1-4,7-9H,5-6H2,(H4,18,19,22). The van der Waals surface area contributed by atoms with E-state index in [-0.39, 0.29) is 0 Å². The number of fused-ring (bicyclic) bond motifs is 1. The van der Waals surface area contributed by atoms with Gasteiger partial charge in [-0.05, 0) is 24.3 Å². The Hall–Kier alpha value is -3.55. The Morgan fingerprint density at radius 1 is 0.920 bits per heavy atom. The monoisotopic (exact) mass is 337 g/mol. The zero-order valence-corrected chi connectivity index (χ0v) is 13.2. The highest BCUT2D eigenvalue weighted by molar-refractivity contribution is 5.72. The quantitative estimate of drug-likeness (QED) is 0.747. The van der Waals surface area contributed by atoms with Crippen molar-refractivity contribution in [3.8, 4) is 34.4 Å². The van der Waals surface area contributed by atoms with E-state index in [0.717, 1.165) is 0 Å². The molecular formula is C17H15N5O3. The summed E-state index contributed by atoms with van der Waals surface area (Å²) in [5.41, 5.74) is 12.8. The topological polar surface area (TPSA) is 118 Å². The van der Waals surface area contributed by atoms with E-state index in [2.05, 4.69) is 15.0 Å². The molecule has 0 fully saturated rings. The highest BCUT2D eigenvalue weighted by Crippen LogP contribution is 2.35. The van der Waals surface area contributed by atoms with Crippen molar-refractivity contribution in [3.63, 3.8) is 0 Å². The Balaban J connectivity index is 1.61. The first kappa shape index (κ1) is 15.0. The molecule has 25 heavy (non-hydrogen) atoms. The van der Waals surface area contributed by atoms with Gasteiger partial charge in [-0.25, -0.2) is 15.0 Å². The molecule has 1 aromatic carbocycles. The first-order valence-corrected chi connectivity index (χ1v) is 7.61. The molecule has 0 aliphatic carbocycles. The molecule has 126 valence electrons. The lowest BCUT2D eigenvalue weighted by Crippen LogP contribution is -2.15. The fraction of sp³-hybridized carbons (Fsp3) is 0.118. The number of nitrogen functional groups attached to an aromatic ring is 2. The molecule has 4 N–H and O–H groups in total. The molecule has 0 amide bonds. The van der Waals surface area contributed by atoms with Gasteiger partial charge < -0.3 is 25.7 Å². The number of hydrogen-bond acceptors (Lipinski definition) is 8. The second-order valence-corrected chi connectivity index (χ2v) is 5.32. The molecule has 8 nitrogen and oxygen atoms in total. The van der Waals surface area contributed by atoms with E-state index in [9.17, 15) is 0 Å². The van der Waals surface area contributed by atoms with Crippen molar-refractivity contribution in [1.82, 2.24) is 15.0 Å². The Bertz CT molecular complexity index is 932. The van der Waals surface area contributed by atoms with E-state index in [1.54, 1.807) is 36.4 Å². The molecule has 0 atom stereocenters. The van der Waals surface area contributed by atoms with Gasteiger partial charge in [-0.3, -0.25) is 0 Å². The van der Waals surface area contributed by atoms with Crippen molar-refractivity contribution in [2.45, 2.75) is 0 Å². The number of aromatic nitrogens is 3. The summed E-state index contributed by atoms with van der Waals surface area (Å²) >= 11 is 0. The number of nitrogens with zero attached hydrogens (tertiary/aromatic N) is 3. The predicted molar refractivity (Wildman–Crippen MR) is 91.6 cm³/mol. The van der Waals surface area contributed by atoms with Crippen LogP contribution in [-0.4, -0.2) is 28.2 Å². The summed E-state index contributed by atoms with van der Waals surface area (Å²) in [5.74, 6) is 2.94. The summed E-state index contributed by atoms with van der Waals surface area (Å²) in [4.78, 5) is 12.4. The van der Waals surface area contributed by atoms with Crippen molar-refractivity contribution in [2.75, 3.05) is 24.7 Å². The first-order chi connectivity index (χ1) is 12.2. The number of nitrogens with two attached hydrogens (primary N) is 2. The zero-order chi connectivity index (χ0) is 17.2. The maximum atomic E-state index is 5.91. The maximum absolute atomic E-state index is 5.91. The van der Waals surface area contributed by atoms with E-state index in [1.165, 1.54) is 6.33 Å². The molecule has 0 spiro atoms. The fourth-order valence-electron chi connectivity index (χ4n) is 2.46. The van der Waals surface area contributed by atoms with E-state index >= 15 is 0 Å². The van der Waals surface area contributed by atoms with E-state index in [1.807, 2.05) is 0 Å². The van der Waals surface area contributed by atoms with Gasteiger partial charge in [0.2, 0.25) is 5.88 Å². The van der Waals surface area contributed by atoms with Crippen LogP contribution in [0.1, 0.15) is 0 Å². The minimum atomic E-state index is 0.295. The molecule has 0 unspecified atom stereocenters. The molecule has 0 bridgehead atoms. The van der Waals surface area contributed by atoms with Crippen LogP contribution in [0.2, 0.25) is 0 Å². The summed E-state index contributed by atoms with van der Waals surface area (Å²) in [5, 5.41) is 0. The van der Waals surface area contributed by atoms with Crippen LogP contribution in [0, 0.1) is 0 Å². The van der Waals surface area contributed by atoms with Gasteiger partial charge in [0.15, 0.2) is 11.5 Å². The number of benzene rings is 1. The van der Waals surface area contributed by atoms with Gasteiger partial charge in [0.25, 0.3) is 0 Å². The number of ether oxygens (including phenoxy) is 3. The van der Waals surface area contributed by atoms with Crippen LogP contribution in [0.5, 0.6) is 23.1 Å². The SMILES string of the molecule is Nc1ccc(-c2cc(Oc3ccc4c(c3)OCCO4)ncn2)c(N)n1. The average molecular weight is 337 g/mol. The number of hydrogen-bond donors (Lipinski definition) is 2.